The summed E-state index contributed by atoms with van der Waals surface area (Å²) in [5.74, 6) is 0.893. The van der Waals surface area contributed by atoms with E-state index in [1.807, 2.05) is 42.5 Å². The van der Waals surface area contributed by atoms with Crippen LogP contribution in [0, 0.1) is 0 Å². The molecule has 0 unspecified atom stereocenters. The molecule has 0 spiro atoms. The molecule has 100 valence electrons. The van der Waals surface area contributed by atoms with Gasteiger partial charge in [0.1, 0.15) is 6.04 Å². The van der Waals surface area contributed by atoms with E-state index in [1.54, 1.807) is 12.1 Å². The Labute approximate surface area is 121 Å². The normalized spacial score (nSPS) is 12.3. The molecule has 20 heavy (non-hydrogen) atoms. The van der Waals surface area contributed by atoms with Crippen molar-refractivity contribution >= 4 is 11.6 Å². The van der Waals surface area contributed by atoms with Crippen LogP contribution in [0.5, 0.6) is 0 Å². The summed E-state index contributed by atoms with van der Waals surface area (Å²) in [5, 5.41) is 4.62. The Morgan fingerprint density at radius 1 is 1.00 bits per heavy atom. The summed E-state index contributed by atoms with van der Waals surface area (Å²) in [6, 6.07) is 16.4. The van der Waals surface area contributed by atoms with E-state index in [1.165, 1.54) is 0 Å². The van der Waals surface area contributed by atoms with Crippen LogP contribution in [0.25, 0.3) is 11.4 Å². The molecule has 4 nitrogen and oxygen atoms in total. The summed E-state index contributed by atoms with van der Waals surface area (Å²) < 4.78 is 5.25. The summed E-state index contributed by atoms with van der Waals surface area (Å²) in [6.45, 7) is 0. The molecule has 3 aromatic rings. The predicted molar refractivity (Wildman–Crippen MR) is 77.2 cm³/mol. The van der Waals surface area contributed by atoms with Crippen LogP contribution in [-0.2, 0) is 0 Å². The number of hydrogen-bond donors (Lipinski definition) is 1. The van der Waals surface area contributed by atoms with E-state index >= 15 is 0 Å². The van der Waals surface area contributed by atoms with Crippen molar-refractivity contribution in [1.29, 1.82) is 0 Å². The number of rotatable bonds is 3. The largest absolute Gasteiger partial charge is 0.337 e. The van der Waals surface area contributed by atoms with E-state index in [9.17, 15) is 0 Å². The molecule has 0 bridgehead atoms. The maximum absolute atomic E-state index is 6.11. The van der Waals surface area contributed by atoms with Crippen molar-refractivity contribution in [3.05, 3.63) is 71.1 Å². The fraction of sp³-hybridized carbons (Fsp3) is 0.0667. The highest BCUT2D eigenvalue weighted by molar-refractivity contribution is 6.30. The van der Waals surface area contributed by atoms with Crippen LogP contribution in [0.4, 0.5) is 0 Å². The average molecular weight is 286 g/mol. The van der Waals surface area contributed by atoms with Crippen LogP contribution in [-0.4, -0.2) is 10.1 Å². The monoisotopic (exact) mass is 285 g/mol. The molecule has 1 atom stereocenters. The molecular weight excluding hydrogens is 274 g/mol. The number of aromatic nitrogens is 2. The van der Waals surface area contributed by atoms with Crippen LogP contribution >= 0.6 is 11.6 Å². The highest BCUT2D eigenvalue weighted by Crippen LogP contribution is 2.22. The highest BCUT2D eigenvalue weighted by Gasteiger charge is 2.17. The zero-order valence-electron chi connectivity index (χ0n) is 10.5. The first-order valence-corrected chi connectivity index (χ1v) is 6.52. The van der Waals surface area contributed by atoms with E-state index in [4.69, 9.17) is 21.9 Å². The van der Waals surface area contributed by atoms with Crippen molar-refractivity contribution < 1.29 is 4.52 Å². The van der Waals surface area contributed by atoms with Crippen molar-refractivity contribution in [3.63, 3.8) is 0 Å². The van der Waals surface area contributed by atoms with Gasteiger partial charge >= 0.3 is 0 Å². The quantitative estimate of drug-likeness (QED) is 0.800. The molecule has 0 saturated heterocycles. The molecule has 0 radical (unpaired) electrons. The SMILES string of the molecule is N[C@@H](c1ccccc1)c1nc(-c2ccc(Cl)cc2)no1. The number of benzene rings is 2. The van der Waals surface area contributed by atoms with Gasteiger partial charge in [0, 0.05) is 10.6 Å². The molecule has 0 aliphatic heterocycles. The Morgan fingerprint density at radius 2 is 1.70 bits per heavy atom. The first kappa shape index (κ1) is 12.8. The van der Waals surface area contributed by atoms with Gasteiger partial charge in [-0.15, -0.1) is 0 Å². The lowest BCUT2D eigenvalue weighted by molar-refractivity contribution is 0.367. The number of nitrogens with two attached hydrogens (primary N) is 1. The molecule has 0 saturated carbocycles. The van der Waals surface area contributed by atoms with Gasteiger partial charge in [0.05, 0.1) is 0 Å². The highest BCUT2D eigenvalue weighted by atomic mass is 35.5. The second-order valence-electron chi connectivity index (χ2n) is 4.35. The van der Waals surface area contributed by atoms with E-state index < -0.39 is 6.04 Å². The van der Waals surface area contributed by atoms with E-state index in [0.717, 1.165) is 11.1 Å². The minimum absolute atomic E-state index is 0.390. The fourth-order valence-corrected chi connectivity index (χ4v) is 2.01. The Hall–Kier alpha value is -2.17. The van der Waals surface area contributed by atoms with Crippen LogP contribution in [0.15, 0.2) is 59.1 Å². The predicted octanol–water partition coefficient (Wildman–Crippen LogP) is 3.44. The lowest BCUT2D eigenvalue weighted by Gasteiger charge is -2.05. The molecule has 0 aliphatic rings. The zero-order chi connectivity index (χ0) is 13.9. The van der Waals surface area contributed by atoms with Gasteiger partial charge in [0.2, 0.25) is 11.7 Å². The van der Waals surface area contributed by atoms with E-state index in [-0.39, 0.29) is 0 Å². The van der Waals surface area contributed by atoms with Crippen molar-refractivity contribution in [1.82, 2.24) is 10.1 Å². The summed E-state index contributed by atoms with van der Waals surface area (Å²) in [7, 11) is 0. The van der Waals surface area contributed by atoms with Gasteiger partial charge in [0.25, 0.3) is 0 Å². The Morgan fingerprint density at radius 3 is 2.40 bits per heavy atom. The van der Waals surface area contributed by atoms with Crippen LogP contribution in [0.3, 0.4) is 0 Å². The molecule has 5 heteroatoms. The third kappa shape index (κ3) is 2.57. The smallest absolute Gasteiger partial charge is 0.248 e. The molecule has 0 aliphatic carbocycles. The van der Waals surface area contributed by atoms with E-state index in [2.05, 4.69) is 10.1 Å². The van der Waals surface area contributed by atoms with Crippen molar-refractivity contribution in [2.75, 3.05) is 0 Å². The van der Waals surface area contributed by atoms with Crippen molar-refractivity contribution in [3.8, 4) is 11.4 Å². The maximum atomic E-state index is 6.11. The Bertz CT molecular complexity index is 695. The van der Waals surface area contributed by atoms with Crippen LogP contribution in [0.1, 0.15) is 17.5 Å². The van der Waals surface area contributed by atoms with Crippen molar-refractivity contribution in [2.45, 2.75) is 6.04 Å². The van der Waals surface area contributed by atoms with Gasteiger partial charge in [-0.2, -0.15) is 4.98 Å². The van der Waals surface area contributed by atoms with Gasteiger partial charge in [-0.05, 0) is 29.8 Å². The lowest BCUT2D eigenvalue weighted by Crippen LogP contribution is -2.11. The molecule has 0 amide bonds. The second-order valence-corrected chi connectivity index (χ2v) is 4.79. The molecule has 1 heterocycles. The topological polar surface area (TPSA) is 64.9 Å². The molecule has 2 N–H and O–H groups in total. The molecule has 0 fully saturated rings. The number of hydrogen-bond acceptors (Lipinski definition) is 4. The number of nitrogens with zero attached hydrogens (tertiary/aromatic N) is 2. The molecule has 3 rings (SSSR count). The average Bonchev–Trinajstić information content (AvgIpc) is 2.98. The van der Waals surface area contributed by atoms with Crippen molar-refractivity contribution in [2.24, 2.45) is 5.73 Å². The number of halogens is 1. The minimum Gasteiger partial charge on any atom is -0.337 e. The standard InChI is InChI=1S/C15H12ClN3O/c16-12-8-6-11(7-9-12)14-18-15(20-19-14)13(17)10-4-2-1-3-5-10/h1-9,13H,17H2/t13-/m0/s1. The molecule has 2 aromatic carbocycles. The first-order chi connectivity index (χ1) is 9.74. The van der Waals surface area contributed by atoms with Gasteiger partial charge in [0.15, 0.2) is 0 Å². The third-order valence-corrected chi connectivity index (χ3v) is 3.22. The summed E-state index contributed by atoms with van der Waals surface area (Å²) in [5.41, 5.74) is 7.88. The summed E-state index contributed by atoms with van der Waals surface area (Å²) >= 11 is 5.85. The van der Waals surface area contributed by atoms with Gasteiger partial charge in [-0.1, -0.05) is 47.1 Å². The van der Waals surface area contributed by atoms with Gasteiger partial charge in [-0.3, -0.25) is 0 Å². The molecule has 1 aromatic heterocycles. The molecular formula is C15H12ClN3O. The first-order valence-electron chi connectivity index (χ1n) is 6.14. The maximum Gasteiger partial charge on any atom is 0.248 e. The van der Waals surface area contributed by atoms with Crippen LogP contribution < -0.4 is 5.73 Å². The van der Waals surface area contributed by atoms with Gasteiger partial charge in [-0.25, -0.2) is 0 Å². The van der Waals surface area contributed by atoms with Gasteiger partial charge < -0.3 is 10.3 Å². The second kappa shape index (κ2) is 5.45. The minimum atomic E-state index is -0.426. The zero-order valence-corrected chi connectivity index (χ0v) is 11.3. The Balaban J connectivity index is 1.89. The third-order valence-electron chi connectivity index (χ3n) is 2.97. The summed E-state index contributed by atoms with van der Waals surface area (Å²) in [6.07, 6.45) is 0. The van der Waals surface area contributed by atoms with E-state index in [0.29, 0.717) is 16.7 Å². The lowest BCUT2D eigenvalue weighted by atomic mass is 10.1. The Kier molecular flexibility index (Phi) is 3.50. The summed E-state index contributed by atoms with van der Waals surface area (Å²) in [4.78, 5) is 4.34. The fourth-order valence-electron chi connectivity index (χ4n) is 1.88. The van der Waals surface area contributed by atoms with Crippen LogP contribution in [0.2, 0.25) is 5.02 Å².